The van der Waals surface area contributed by atoms with E-state index in [2.05, 4.69) is 33.7 Å². The molecular formula is C20H14Cl3O5P. The first-order valence-electron chi connectivity index (χ1n) is 8.06. The van der Waals surface area contributed by atoms with E-state index in [1.54, 1.807) is 60.7 Å². The minimum Gasteiger partial charge on any atom is -0.423 e. The van der Waals surface area contributed by atoms with Gasteiger partial charge in [-0.25, -0.2) is 9.59 Å². The van der Waals surface area contributed by atoms with Crippen molar-refractivity contribution < 1.29 is 23.6 Å². The second-order valence-corrected chi connectivity index (χ2v) is 12.0. The SMILES string of the molecule is O=C(Oc1ccccc1)c1ccccc1C(=O)Oc1ccccc1.O=P(Cl)(Cl)Cl. The highest BCUT2D eigenvalue weighted by atomic mass is 36.0. The minimum absolute atomic E-state index is 0.155. The standard InChI is InChI=1S/C20H14O4.Cl3OP/c21-19(23-15-9-3-1-4-10-15)17-13-7-8-14-18(17)20(22)24-16-11-5-2-6-12-16;1-5(2,3)4/h1-14H;. The lowest BCUT2D eigenvalue weighted by atomic mass is 10.1. The zero-order valence-electron chi connectivity index (χ0n) is 14.7. The van der Waals surface area contributed by atoms with Crippen molar-refractivity contribution in [1.82, 2.24) is 0 Å². The molecule has 0 saturated heterocycles. The lowest BCUT2D eigenvalue weighted by Crippen LogP contribution is -2.17. The van der Waals surface area contributed by atoms with Crippen LogP contribution in [0.2, 0.25) is 0 Å². The van der Waals surface area contributed by atoms with Crippen molar-refractivity contribution in [3.63, 3.8) is 0 Å². The molecule has 0 unspecified atom stereocenters. The minimum atomic E-state index is -3.22. The van der Waals surface area contributed by atoms with Crippen LogP contribution < -0.4 is 9.47 Å². The van der Waals surface area contributed by atoms with Crippen LogP contribution in [0.1, 0.15) is 20.7 Å². The van der Waals surface area contributed by atoms with Gasteiger partial charge in [-0.15, -0.1) is 0 Å². The number of halogens is 3. The monoisotopic (exact) mass is 470 g/mol. The molecule has 150 valence electrons. The highest BCUT2D eigenvalue weighted by molar-refractivity contribution is 8.24. The molecule has 3 rings (SSSR count). The first-order chi connectivity index (χ1) is 13.7. The molecule has 9 heteroatoms. The number of rotatable bonds is 4. The summed E-state index contributed by atoms with van der Waals surface area (Å²) in [7, 11) is 0. The van der Waals surface area contributed by atoms with Gasteiger partial charge < -0.3 is 9.47 Å². The fraction of sp³-hybridized carbons (Fsp3) is 0. The van der Waals surface area contributed by atoms with Crippen molar-refractivity contribution in [3.8, 4) is 11.5 Å². The van der Waals surface area contributed by atoms with Crippen LogP contribution in [0.3, 0.4) is 0 Å². The van der Waals surface area contributed by atoms with Gasteiger partial charge in [0.15, 0.2) is 0 Å². The Kier molecular flexibility index (Phi) is 8.74. The molecule has 0 spiro atoms. The molecule has 0 bridgehead atoms. The van der Waals surface area contributed by atoms with E-state index in [1.165, 1.54) is 12.1 Å². The molecule has 5 nitrogen and oxygen atoms in total. The summed E-state index contributed by atoms with van der Waals surface area (Å²) in [5.41, 5.74) is 0.310. The zero-order chi connectivity index (χ0) is 21.3. The van der Waals surface area contributed by atoms with Crippen LogP contribution in [0.4, 0.5) is 0 Å². The third kappa shape index (κ3) is 8.71. The topological polar surface area (TPSA) is 69.7 Å². The van der Waals surface area contributed by atoms with Crippen LogP contribution in [0.15, 0.2) is 84.9 Å². The summed E-state index contributed by atoms with van der Waals surface area (Å²) in [4.78, 5) is 24.7. The lowest BCUT2D eigenvalue weighted by Gasteiger charge is -2.09. The van der Waals surface area contributed by atoms with Crippen molar-refractivity contribution in [2.75, 3.05) is 0 Å². The van der Waals surface area contributed by atoms with Gasteiger partial charge in [0.25, 0.3) is 0 Å². The predicted octanol–water partition coefficient (Wildman–Crippen LogP) is 6.94. The first-order valence-corrected chi connectivity index (χ1v) is 12.5. The predicted molar refractivity (Wildman–Crippen MR) is 114 cm³/mol. The number of hydrogen-bond donors (Lipinski definition) is 0. The Morgan fingerprint density at radius 2 is 0.862 bits per heavy atom. The molecule has 3 aromatic rings. The molecule has 0 N–H and O–H groups in total. The van der Waals surface area contributed by atoms with Crippen molar-refractivity contribution in [1.29, 1.82) is 0 Å². The fourth-order valence-corrected chi connectivity index (χ4v) is 2.14. The average Bonchev–Trinajstić information content (AvgIpc) is 2.68. The van der Waals surface area contributed by atoms with Gasteiger partial charge in [0.2, 0.25) is 0 Å². The maximum atomic E-state index is 12.4. The Morgan fingerprint density at radius 1 is 0.586 bits per heavy atom. The second kappa shape index (κ2) is 11.0. The molecule has 0 aliphatic carbocycles. The number of esters is 2. The van der Waals surface area contributed by atoms with Crippen molar-refractivity contribution in [2.24, 2.45) is 0 Å². The van der Waals surface area contributed by atoms with Crippen LogP contribution in [0, 0.1) is 0 Å². The number of hydrogen-bond acceptors (Lipinski definition) is 5. The number of carbonyl (C=O) groups is 2. The van der Waals surface area contributed by atoms with Crippen LogP contribution in [-0.2, 0) is 4.57 Å². The van der Waals surface area contributed by atoms with Crippen molar-refractivity contribution >= 4 is 50.9 Å². The Labute approximate surface area is 181 Å². The third-order valence-electron chi connectivity index (χ3n) is 3.27. The summed E-state index contributed by atoms with van der Waals surface area (Å²) < 4.78 is 20.1. The molecule has 0 aliphatic heterocycles. The molecule has 0 fully saturated rings. The molecule has 29 heavy (non-hydrogen) atoms. The van der Waals surface area contributed by atoms with E-state index in [0.29, 0.717) is 11.5 Å². The van der Waals surface area contributed by atoms with Gasteiger partial charge in [0.05, 0.1) is 11.1 Å². The Bertz CT molecular complexity index is 926. The van der Waals surface area contributed by atoms with E-state index in [1.807, 2.05) is 12.1 Å². The molecule has 0 atom stereocenters. The van der Waals surface area contributed by atoms with Gasteiger partial charge >= 0.3 is 17.1 Å². The molecule has 0 aliphatic rings. The van der Waals surface area contributed by atoms with Crippen LogP contribution in [0.25, 0.3) is 0 Å². The summed E-state index contributed by atoms with van der Waals surface area (Å²) in [6, 6.07) is 23.8. The van der Waals surface area contributed by atoms with Crippen molar-refractivity contribution in [2.45, 2.75) is 0 Å². The van der Waals surface area contributed by atoms with E-state index in [0.717, 1.165) is 0 Å². The van der Waals surface area contributed by atoms with Gasteiger partial charge in [0, 0.05) is 0 Å². The molecule has 0 radical (unpaired) electrons. The molecule has 0 heterocycles. The van der Waals surface area contributed by atoms with Crippen LogP contribution in [0.5, 0.6) is 11.5 Å². The molecule has 0 amide bonds. The van der Waals surface area contributed by atoms with Gasteiger partial charge in [-0.3, -0.25) is 4.57 Å². The number of carbonyl (C=O) groups excluding carboxylic acids is 2. The van der Waals surface area contributed by atoms with Gasteiger partial charge in [-0.2, -0.15) is 0 Å². The van der Waals surface area contributed by atoms with Crippen LogP contribution in [-0.4, -0.2) is 11.9 Å². The smallest absolute Gasteiger partial charge is 0.344 e. The molecule has 3 aromatic carbocycles. The van der Waals surface area contributed by atoms with Gasteiger partial charge in [-0.1, -0.05) is 48.5 Å². The zero-order valence-corrected chi connectivity index (χ0v) is 17.9. The number of benzene rings is 3. The van der Waals surface area contributed by atoms with Crippen LogP contribution >= 0.6 is 38.9 Å². The summed E-state index contributed by atoms with van der Waals surface area (Å²) in [6.07, 6.45) is 0. The Hall–Kier alpha value is -2.30. The second-order valence-electron chi connectivity index (χ2n) is 5.35. The van der Waals surface area contributed by atoms with E-state index in [4.69, 9.17) is 9.47 Å². The number of ether oxygens (including phenoxy) is 2. The highest BCUT2D eigenvalue weighted by Crippen LogP contribution is 2.61. The summed E-state index contributed by atoms with van der Waals surface area (Å²) >= 11 is 13.8. The maximum absolute atomic E-state index is 12.4. The Morgan fingerprint density at radius 3 is 1.17 bits per heavy atom. The highest BCUT2D eigenvalue weighted by Gasteiger charge is 2.20. The molecule has 0 aromatic heterocycles. The van der Waals surface area contributed by atoms with E-state index in [9.17, 15) is 14.2 Å². The largest absolute Gasteiger partial charge is 0.423 e. The molecular weight excluding hydrogens is 458 g/mol. The number of para-hydroxylation sites is 2. The summed E-state index contributed by atoms with van der Waals surface area (Å²) in [5.74, 6) is -0.397. The first kappa shape index (κ1) is 23.0. The van der Waals surface area contributed by atoms with Gasteiger partial charge in [0.1, 0.15) is 11.5 Å². The van der Waals surface area contributed by atoms with Crippen molar-refractivity contribution in [3.05, 3.63) is 96.1 Å². The molecule has 0 saturated carbocycles. The third-order valence-corrected chi connectivity index (χ3v) is 3.27. The van der Waals surface area contributed by atoms with E-state index < -0.39 is 17.1 Å². The fourth-order valence-electron chi connectivity index (χ4n) is 2.14. The summed E-state index contributed by atoms with van der Waals surface area (Å²) in [5, 5.41) is -3.22. The Balaban J connectivity index is 0.000000537. The van der Waals surface area contributed by atoms with Gasteiger partial charge in [-0.05, 0) is 70.1 Å². The normalized spacial score (nSPS) is 10.3. The summed E-state index contributed by atoms with van der Waals surface area (Å²) in [6.45, 7) is 0. The maximum Gasteiger partial charge on any atom is 0.344 e. The van der Waals surface area contributed by atoms with E-state index >= 15 is 0 Å². The van der Waals surface area contributed by atoms with E-state index in [-0.39, 0.29) is 11.1 Å². The average molecular weight is 472 g/mol. The quantitative estimate of drug-likeness (QED) is 0.234. The lowest BCUT2D eigenvalue weighted by molar-refractivity contribution is 0.0692.